The van der Waals surface area contributed by atoms with E-state index < -0.39 is 11.6 Å². The fraction of sp³-hybridized carbons (Fsp3) is 0.417. The molecule has 1 aliphatic heterocycles. The van der Waals surface area contributed by atoms with Gasteiger partial charge in [-0.05, 0) is 32.0 Å². The molecule has 1 fully saturated rings. The molecule has 0 saturated carbocycles. The van der Waals surface area contributed by atoms with Crippen LogP contribution in [0.4, 0.5) is 8.78 Å². The second kappa shape index (κ2) is 4.29. The van der Waals surface area contributed by atoms with Gasteiger partial charge in [0.15, 0.2) is 5.78 Å². The molecule has 1 aliphatic rings. The average molecular weight is 225 g/mol. The van der Waals surface area contributed by atoms with Crippen LogP contribution in [0.5, 0.6) is 0 Å². The maximum Gasteiger partial charge on any atom is 0.170 e. The van der Waals surface area contributed by atoms with E-state index in [4.69, 9.17) is 0 Å². The molecule has 2 rings (SSSR count). The fourth-order valence-corrected chi connectivity index (χ4v) is 2.11. The van der Waals surface area contributed by atoms with Crippen molar-refractivity contribution in [2.45, 2.75) is 19.4 Å². The van der Waals surface area contributed by atoms with Crippen LogP contribution < -0.4 is 5.32 Å². The van der Waals surface area contributed by atoms with Gasteiger partial charge >= 0.3 is 0 Å². The quantitative estimate of drug-likeness (QED) is 0.781. The Morgan fingerprint density at radius 2 is 2.19 bits per heavy atom. The molecule has 0 radical (unpaired) electrons. The zero-order valence-electron chi connectivity index (χ0n) is 8.97. The van der Waals surface area contributed by atoms with Crippen LogP contribution in [-0.4, -0.2) is 18.4 Å². The lowest BCUT2D eigenvalue weighted by molar-refractivity contribution is 0.0910. The number of Topliss-reactive ketones (excluding diaryl/α,β-unsaturated/α-hetero) is 1. The first-order chi connectivity index (χ1) is 7.59. The van der Waals surface area contributed by atoms with Crippen LogP contribution in [0.3, 0.4) is 0 Å². The normalized spacial score (nSPS) is 24.7. The highest BCUT2D eigenvalue weighted by Crippen LogP contribution is 2.22. The molecule has 16 heavy (non-hydrogen) atoms. The number of nitrogens with one attached hydrogen (secondary N) is 1. The Hall–Kier alpha value is -1.29. The van der Waals surface area contributed by atoms with Crippen LogP contribution in [0, 0.1) is 17.6 Å². The van der Waals surface area contributed by atoms with Crippen molar-refractivity contribution in [1.29, 1.82) is 0 Å². The van der Waals surface area contributed by atoms with Crippen LogP contribution in [0.1, 0.15) is 23.7 Å². The molecule has 0 bridgehead atoms. The summed E-state index contributed by atoms with van der Waals surface area (Å²) in [5, 5.41) is 3.13. The number of rotatable bonds is 2. The maximum absolute atomic E-state index is 13.4. The van der Waals surface area contributed by atoms with E-state index in [1.165, 1.54) is 6.07 Å². The first-order valence-electron chi connectivity index (χ1n) is 5.32. The van der Waals surface area contributed by atoms with E-state index in [1.54, 1.807) is 0 Å². The van der Waals surface area contributed by atoms with Gasteiger partial charge in [-0.3, -0.25) is 4.79 Å². The van der Waals surface area contributed by atoms with Gasteiger partial charge in [0.2, 0.25) is 0 Å². The molecule has 2 atom stereocenters. The Kier molecular flexibility index (Phi) is 3.01. The van der Waals surface area contributed by atoms with Gasteiger partial charge in [-0.25, -0.2) is 8.78 Å². The summed E-state index contributed by atoms with van der Waals surface area (Å²) in [5.41, 5.74) is -0.0121. The maximum atomic E-state index is 13.4. The lowest BCUT2D eigenvalue weighted by Gasteiger charge is -2.14. The number of hydrogen-bond acceptors (Lipinski definition) is 2. The van der Waals surface area contributed by atoms with Crippen molar-refractivity contribution in [2.24, 2.45) is 5.92 Å². The summed E-state index contributed by atoms with van der Waals surface area (Å²) in [6.07, 6.45) is 0.705. The Labute approximate surface area is 92.7 Å². The van der Waals surface area contributed by atoms with Gasteiger partial charge in [-0.2, -0.15) is 0 Å². The minimum Gasteiger partial charge on any atom is -0.313 e. The second-order valence-electron chi connectivity index (χ2n) is 4.13. The average Bonchev–Trinajstić information content (AvgIpc) is 2.63. The molecular formula is C12H13F2NO. The molecule has 1 saturated heterocycles. The van der Waals surface area contributed by atoms with E-state index in [0.29, 0.717) is 6.42 Å². The molecule has 1 N–H and O–H groups in total. The first-order valence-corrected chi connectivity index (χ1v) is 5.32. The van der Waals surface area contributed by atoms with Crippen molar-refractivity contribution in [1.82, 2.24) is 5.32 Å². The van der Waals surface area contributed by atoms with Gasteiger partial charge in [0.1, 0.15) is 11.6 Å². The standard InChI is InChI=1S/C12H13F2NO/c1-7-9(4-5-15-7)12(16)10-3-2-8(13)6-11(10)14/h2-3,6-7,9,15H,4-5H2,1H3. The minimum absolute atomic E-state index is 0.0121. The molecule has 2 nitrogen and oxygen atoms in total. The zero-order chi connectivity index (χ0) is 11.7. The smallest absolute Gasteiger partial charge is 0.170 e. The molecule has 2 unspecified atom stereocenters. The Morgan fingerprint density at radius 1 is 1.44 bits per heavy atom. The fourth-order valence-electron chi connectivity index (χ4n) is 2.11. The Balaban J connectivity index is 2.27. The third-order valence-corrected chi connectivity index (χ3v) is 3.06. The molecule has 0 amide bonds. The summed E-state index contributed by atoms with van der Waals surface area (Å²) >= 11 is 0. The molecule has 0 aromatic heterocycles. The van der Waals surface area contributed by atoms with Gasteiger partial charge < -0.3 is 5.32 Å². The highest BCUT2D eigenvalue weighted by molar-refractivity contribution is 5.98. The van der Waals surface area contributed by atoms with Crippen LogP contribution in [-0.2, 0) is 0 Å². The third kappa shape index (κ3) is 1.97. The van der Waals surface area contributed by atoms with Crippen molar-refractivity contribution in [3.05, 3.63) is 35.4 Å². The van der Waals surface area contributed by atoms with Gasteiger partial charge in [-0.15, -0.1) is 0 Å². The monoisotopic (exact) mass is 225 g/mol. The summed E-state index contributed by atoms with van der Waals surface area (Å²) in [6.45, 7) is 2.66. The predicted molar refractivity (Wildman–Crippen MR) is 56.3 cm³/mol. The van der Waals surface area contributed by atoms with Crippen molar-refractivity contribution in [3.8, 4) is 0 Å². The highest BCUT2D eigenvalue weighted by Gasteiger charge is 2.31. The van der Waals surface area contributed by atoms with Crippen molar-refractivity contribution < 1.29 is 13.6 Å². The number of carbonyl (C=O) groups is 1. The van der Waals surface area contributed by atoms with E-state index in [-0.39, 0.29) is 23.3 Å². The van der Waals surface area contributed by atoms with E-state index in [0.717, 1.165) is 18.7 Å². The largest absolute Gasteiger partial charge is 0.313 e. The zero-order valence-corrected chi connectivity index (χ0v) is 8.97. The lowest BCUT2D eigenvalue weighted by atomic mass is 9.92. The van der Waals surface area contributed by atoms with Gasteiger partial charge in [-0.1, -0.05) is 0 Å². The molecule has 86 valence electrons. The molecule has 4 heteroatoms. The summed E-state index contributed by atoms with van der Waals surface area (Å²) in [4.78, 5) is 12.0. The first kappa shape index (κ1) is 11.2. The molecule has 1 aromatic carbocycles. The Bertz CT molecular complexity index is 419. The van der Waals surface area contributed by atoms with Gasteiger partial charge in [0.05, 0.1) is 5.56 Å². The number of hydrogen-bond donors (Lipinski definition) is 1. The number of carbonyl (C=O) groups excluding carboxylic acids is 1. The molecular weight excluding hydrogens is 212 g/mol. The van der Waals surface area contributed by atoms with E-state index in [1.807, 2.05) is 6.92 Å². The molecule has 1 heterocycles. The van der Waals surface area contributed by atoms with Crippen molar-refractivity contribution in [3.63, 3.8) is 0 Å². The van der Waals surface area contributed by atoms with Crippen LogP contribution >= 0.6 is 0 Å². The number of halogens is 2. The third-order valence-electron chi connectivity index (χ3n) is 3.06. The summed E-state index contributed by atoms with van der Waals surface area (Å²) < 4.78 is 26.1. The number of benzene rings is 1. The molecule has 1 aromatic rings. The second-order valence-corrected chi connectivity index (χ2v) is 4.13. The minimum atomic E-state index is -0.774. The van der Waals surface area contributed by atoms with Crippen molar-refractivity contribution >= 4 is 5.78 Å². The molecule has 0 spiro atoms. The number of ketones is 1. The van der Waals surface area contributed by atoms with Crippen LogP contribution in [0.2, 0.25) is 0 Å². The van der Waals surface area contributed by atoms with Crippen LogP contribution in [0.25, 0.3) is 0 Å². The van der Waals surface area contributed by atoms with E-state index in [9.17, 15) is 13.6 Å². The van der Waals surface area contributed by atoms with Gasteiger partial charge in [0, 0.05) is 18.0 Å². The van der Waals surface area contributed by atoms with E-state index >= 15 is 0 Å². The lowest BCUT2D eigenvalue weighted by Crippen LogP contribution is -2.28. The summed E-state index contributed by atoms with van der Waals surface area (Å²) in [6, 6.07) is 3.14. The SMILES string of the molecule is CC1NCCC1C(=O)c1ccc(F)cc1F. The molecule has 0 aliphatic carbocycles. The predicted octanol–water partition coefficient (Wildman–Crippen LogP) is 2.15. The van der Waals surface area contributed by atoms with Crippen LogP contribution in [0.15, 0.2) is 18.2 Å². The van der Waals surface area contributed by atoms with Gasteiger partial charge in [0.25, 0.3) is 0 Å². The Morgan fingerprint density at radius 3 is 2.75 bits per heavy atom. The summed E-state index contributed by atoms with van der Waals surface area (Å²) in [5.74, 6) is -1.88. The highest BCUT2D eigenvalue weighted by atomic mass is 19.1. The summed E-state index contributed by atoms with van der Waals surface area (Å²) in [7, 11) is 0. The van der Waals surface area contributed by atoms with Crippen molar-refractivity contribution in [2.75, 3.05) is 6.54 Å². The topological polar surface area (TPSA) is 29.1 Å². The van der Waals surface area contributed by atoms with E-state index in [2.05, 4.69) is 5.32 Å².